The third-order valence-corrected chi connectivity index (χ3v) is 2.30. The normalized spacial score (nSPS) is 11.1. The Hall–Kier alpha value is -2.11. The van der Waals surface area contributed by atoms with E-state index in [4.69, 9.17) is 9.84 Å². The highest BCUT2D eigenvalue weighted by Gasteiger charge is 2.18. The number of carbonyl (C=O) groups is 1. The van der Waals surface area contributed by atoms with E-state index in [1.54, 1.807) is 17.9 Å². The van der Waals surface area contributed by atoms with Crippen LogP contribution in [0.15, 0.2) is 12.4 Å². The molecule has 0 saturated carbocycles. The standard InChI is InChI=1S/C11H13N3O3/c1-6(2)17-9-7-5-13-14(3)10(7)12-4-8(9)11(15)16/h4-6H,1-3H3,(H,15,16). The molecule has 17 heavy (non-hydrogen) atoms. The van der Waals surface area contributed by atoms with Crippen molar-refractivity contribution in [2.75, 3.05) is 0 Å². The van der Waals surface area contributed by atoms with Crippen molar-refractivity contribution in [3.8, 4) is 5.75 Å². The minimum absolute atomic E-state index is 0.0548. The van der Waals surface area contributed by atoms with Crippen LogP contribution in [0.5, 0.6) is 5.75 Å². The van der Waals surface area contributed by atoms with Crippen molar-refractivity contribution in [3.63, 3.8) is 0 Å². The van der Waals surface area contributed by atoms with Crippen LogP contribution in [0.2, 0.25) is 0 Å². The van der Waals surface area contributed by atoms with E-state index in [0.29, 0.717) is 16.8 Å². The molecule has 0 saturated heterocycles. The molecule has 2 aromatic heterocycles. The molecule has 0 aliphatic heterocycles. The number of pyridine rings is 1. The Morgan fingerprint density at radius 1 is 1.47 bits per heavy atom. The lowest BCUT2D eigenvalue weighted by Crippen LogP contribution is -2.11. The molecule has 0 spiro atoms. The summed E-state index contributed by atoms with van der Waals surface area (Å²) in [7, 11) is 1.74. The van der Waals surface area contributed by atoms with Crippen LogP contribution < -0.4 is 4.74 Å². The first-order chi connectivity index (χ1) is 8.00. The van der Waals surface area contributed by atoms with Gasteiger partial charge in [-0.2, -0.15) is 5.10 Å². The highest BCUT2D eigenvalue weighted by atomic mass is 16.5. The molecule has 0 aliphatic rings. The van der Waals surface area contributed by atoms with Gasteiger partial charge in [0, 0.05) is 13.2 Å². The van der Waals surface area contributed by atoms with Crippen LogP contribution in [0.25, 0.3) is 11.0 Å². The van der Waals surface area contributed by atoms with Crippen molar-refractivity contribution in [1.29, 1.82) is 0 Å². The molecule has 0 aromatic carbocycles. The number of aromatic carboxylic acids is 1. The molecular formula is C11H13N3O3. The fraction of sp³-hybridized carbons (Fsp3) is 0.364. The van der Waals surface area contributed by atoms with Crippen LogP contribution >= 0.6 is 0 Å². The molecule has 0 fully saturated rings. The lowest BCUT2D eigenvalue weighted by Gasteiger charge is -2.12. The van der Waals surface area contributed by atoms with E-state index in [2.05, 4.69) is 10.1 Å². The summed E-state index contributed by atoms with van der Waals surface area (Å²) in [6, 6.07) is 0. The number of carboxylic acids is 1. The van der Waals surface area contributed by atoms with Crippen molar-refractivity contribution in [3.05, 3.63) is 18.0 Å². The third kappa shape index (κ3) is 1.93. The van der Waals surface area contributed by atoms with Crippen LogP contribution in [0, 0.1) is 0 Å². The van der Waals surface area contributed by atoms with Gasteiger partial charge in [-0.05, 0) is 13.8 Å². The SMILES string of the molecule is CC(C)Oc1c(C(=O)O)cnc2c1cnn2C. The van der Waals surface area contributed by atoms with Crippen LogP contribution in [0.1, 0.15) is 24.2 Å². The van der Waals surface area contributed by atoms with Crippen LogP contribution in [0.3, 0.4) is 0 Å². The lowest BCUT2D eigenvalue weighted by molar-refractivity contribution is 0.0690. The van der Waals surface area contributed by atoms with Gasteiger partial charge < -0.3 is 9.84 Å². The number of aromatic nitrogens is 3. The number of carboxylic acid groups (broad SMARTS) is 1. The van der Waals surface area contributed by atoms with Gasteiger partial charge in [0.15, 0.2) is 5.65 Å². The van der Waals surface area contributed by atoms with E-state index in [0.717, 1.165) is 0 Å². The first-order valence-electron chi connectivity index (χ1n) is 5.21. The molecule has 0 aliphatic carbocycles. The third-order valence-electron chi connectivity index (χ3n) is 2.30. The second-order valence-corrected chi connectivity index (χ2v) is 3.98. The molecular weight excluding hydrogens is 222 g/mol. The summed E-state index contributed by atoms with van der Waals surface area (Å²) in [5.41, 5.74) is 0.657. The Labute approximate surface area is 97.8 Å². The van der Waals surface area contributed by atoms with Crippen LogP contribution in [-0.2, 0) is 7.05 Å². The number of rotatable bonds is 3. The number of ether oxygens (including phenoxy) is 1. The number of hydrogen-bond donors (Lipinski definition) is 1. The Balaban J connectivity index is 2.70. The van der Waals surface area contributed by atoms with Gasteiger partial charge in [-0.1, -0.05) is 0 Å². The number of aryl methyl sites for hydroxylation is 1. The van der Waals surface area contributed by atoms with Gasteiger partial charge in [-0.15, -0.1) is 0 Å². The topological polar surface area (TPSA) is 77.2 Å². The van der Waals surface area contributed by atoms with E-state index in [1.165, 1.54) is 6.20 Å². The maximum Gasteiger partial charge on any atom is 0.341 e. The maximum absolute atomic E-state index is 11.1. The predicted molar refractivity (Wildman–Crippen MR) is 61.2 cm³/mol. The highest BCUT2D eigenvalue weighted by Crippen LogP contribution is 2.28. The summed E-state index contributed by atoms with van der Waals surface area (Å²) in [6.45, 7) is 3.68. The number of hydrogen-bond acceptors (Lipinski definition) is 4. The van der Waals surface area contributed by atoms with Gasteiger partial charge in [0.1, 0.15) is 11.3 Å². The van der Waals surface area contributed by atoms with Crippen molar-refractivity contribution < 1.29 is 14.6 Å². The summed E-state index contributed by atoms with van der Waals surface area (Å²) in [5, 5.41) is 13.8. The first-order valence-corrected chi connectivity index (χ1v) is 5.21. The quantitative estimate of drug-likeness (QED) is 0.871. The lowest BCUT2D eigenvalue weighted by atomic mass is 10.2. The van der Waals surface area contributed by atoms with Crippen molar-refractivity contribution in [1.82, 2.24) is 14.8 Å². The highest BCUT2D eigenvalue weighted by molar-refractivity contribution is 5.97. The van der Waals surface area contributed by atoms with Crippen LogP contribution in [0.4, 0.5) is 0 Å². The molecule has 0 bridgehead atoms. The monoisotopic (exact) mass is 235 g/mol. The smallest absolute Gasteiger partial charge is 0.341 e. The second kappa shape index (κ2) is 4.04. The van der Waals surface area contributed by atoms with Gasteiger partial charge in [0.05, 0.1) is 17.7 Å². The van der Waals surface area contributed by atoms with E-state index in [-0.39, 0.29) is 11.7 Å². The van der Waals surface area contributed by atoms with Crippen molar-refractivity contribution >= 4 is 17.0 Å². The van der Waals surface area contributed by atoms with Gasteiger partial charge >= 0.3 is 5.97 Å². The molecule has 2 aromatic rings. The van der Waals surface area contributed by atoms with E-state index in [1.807, 2.05) is 13.8 Å². The summed E-state index contributed by atoms with van der Waals surface area (Å²) in [6.07, 6.45) is 2.75. The Bertz CT molecular complexity index is 575. The van der Waals surface area contributed by atoms with Crippen molar-refractivity contribution in [2.45, 2.75) is 20.0 Å². The first kappa shape index (κ1) is 11.4. The van der Waals surface area contributed by atoms with Gasteiger partial charge in [0.25, 0.3) is 0 Å². The zero-order valence-corrected chi connectivity index (χ0v) is 9.84. The summed E-state index contributed by atoms with van der Waals surface area (Å²) in [4.78, 5) is 15.2. The molecule has 2 heterocycles. The zero-order valence-electron chi connectivity index (χ0n) is 9.84. The summed E-state index contributed by atoms with van der Waals surface area (Å²) >= 11 is 0. The van der Waals surface area contributed by atoms with Gasteiger partial charge in [-0.3, -0.25) is 4.68 Å². The van der Waals surface area contributed by atoms with Crippen molar-refractivity contribution in [2.24, 2.45) is 7.05 Å². The largest absolute Gasteiger partial charge is 0.489 e. The fourth-order valence-electron chi connectivity index (χ4n) is 1.59. The molecule has 1 N–H and O–H groups in total. The molecule has 0 radical (unpaired) electrons. The summed E-state index contributed by atoms with van der Waals surface area (Å²) < 4.78 is 7.14. The Morgan fingerprint density at radius 2 is 2.18 bits per heavy atom. The molecule has 0 amide bonds. The molecule has 0 unspecified atom stereocenters. The Kier molecular flexibility index (Phi) is 2.71. The number of nitrogens with zero attached hydrogens (tertiary/aromatic N) is 3. The predicted octanol–water partition coefficient (Wildman–Crippen LogP) is 1.45. The van der Waals surface area contributed by atoms with Gasteiger partial charge in [-0.25, -0.2) is 9.78 Å². The van der Waals surface area contributed by atoms with E-state index in [9.17, 15) is 4.79 Å². The second-order valence-electron chi connectivity index (χ2n) is 3.98. The summed E-state index contributed by atoms with van der Waals surface area (Å²) in [5.74, 6) is -0.732. The van der Waals surface area contributed by atoms with Gasteiger partial charge in [0.2, 0.25) is 0 Å². The molecule has 6 nitrogen and oxygen atoms in total. The minimum Gasteiger partial charge on any atom is -0.489 e. The number of fused-ring (bicyclic) bond motifs is 1. The fourth-order valence-corrected chi connectivity index (χ4v) is 1.59. The Morgan fingerprint density at radius 3 is 2.76 bits per heavy atom. The molecule has 0 atom stereocenters. The van der Waals surface area contributed by atoms with Crippen LogP contribution in [-0.4, -0.2) is 31.9 Å². The zero-order chi connectivity index (χ0) is 12.6. The van der Waals surface area contributed by atoms with E-state index < -0.39 is 5.97 Å². The molecule has 2 rings (SSSR count). The maximum atomic E-state index is 11.1. The van der Waals surface area contributed by atoms with E-state index >= 15 is 0 Å². The molecule has 90 valence electrons. The average Bonchev–Trinajstić information content (AvgIpc) is 2.60. The minimum atomic E-state index is -1.06. The molecule has 6 heteroatoms. The average molecular weight is 235 g/mol.